The molecule has 14 heavy (non-hydrogen) atoms. The van der Waals surface area contributed by atoms with E-state index in [9.17, 15) is 4.79 Å². The van der Waals surface area contributed by atoms with Gasteiger partial charge in [0, 0.05) is 15.4 Å². The largest absolute Gasteiger partial charge is 0.294 e. The van der Waals surface area contributed by atoms with Crippen molar-refractivity contribution >= 4 is 32.5 Å². The minimum Gasteiger partial charge on any atom is -0.294 e. The highest BCUT2D eigenvalue weighted by Crippen LogP contribution is 2.27. The van der Waals surface area contributed by atoms with Crippen molar-refractivity contribution in [2.75, 3.05) is 0 Å². The van der Waals surface area contributed by atoms with Crippen LogP contribution in [0.2, 0.25) is 0 Å². The molecular weight excluding hydrogens is 240 g/mol. The van der Waals surface area contributed by atoms with Gasteiger partial charge in [0.2, 0.25) is 0 Å². The summed E-state index contributed by atoms with van der Waals surface area (Å²) in [6, 6.07) is 11.7. The van der Waals surface area contributed by atoms with Crippen LogP contribution in [0.1, 0.15) is 17.3 Å². The van der Waals surface area contributed by atoms with Gasteiger partial charge in [-0.05, 0) is 18.4 Å². The Balaban J connectivity index is 2.91. The summed E-state index contributed by atoms with van der Waals surface area (Å²) >= 11 is 3.46. The van der Waals surface area contributed by atoms with Gasteiger partial charge >= 0.3 is 0 Å². The van der Waals surface area contributed by atoms with Crippen LogP contribution in [0.3, 0.4) is 0 Å². The van der Waals surface area contributed by atoms with Gasteiger partial charge in [-0.1, -0.05) is 46.3 Å². The molecule has 0 heterocycles. The molecule has 0 aliphatic heterocycles. The van der Waals surface area contributed by atoms with Crippen LogP contribution in [0.15, 0.2) is 40.9 Å². The fraction of sp³-hybridized carbons (Fsp3) is 0.0833. The molecule has 0 atom stereocenters. The predicted molar refractivity (Wildman–Crippen MR) is 61.7 cm³/mol. The molecule has 0 aliphatic rings. The van der Waals surface area contributed by atoms with Gasteiger partial charge in [-0.3, -0.25) is 4.79 Å². The van der Waals surface area contributed by atoms with E-state index in [-0.39, 0.29) is 5.78 Å². The van der Waals surface area contributed by atoms with Crippen LogP contribution in [-0.2, 0) is 0 Å². The van der Waals surface area contributed by atoms with E-state index in [1.807, 2.05) is 36.4 Å². The average molecular weight is 249 g/mol. The van der Waals surface area contributed by atoms with E-state index in [0.29, 0.717) is 0 Å². The molecule has 0 spiro atoms. The molecule has 2 rings (SSSR count). The average Bonchev–Trinajstić information content (AvgIpc) is 2.17. The predicted octanol–water partition coefficient (Wildman–Crippen LogP) is 3.80. The second-order valence-corrected chi connectivity index (χ2v) is 4.05. The monoisotopic (exact) mass is 248 g/mol. The number of halogens is 1. The van der Waals surface area contributed by atoms with E-state index in [0.717, 1.165) is 20.8 Å². The van der Waals surface area contributed by atoms with E-state index < -0.39 is 0 Å². The number of Topliss-reactive ketones (excluding diaryl/α,β-unsaturated/α-hetero) is 1. The van der Waals surface area contributed by atoms with Gasteiger partial charge in [0.05, 0.1) is 0 Å². The maximum absolute atomic E-state index is 11.4. The number of ketones is 1. The summed E-state index contributed by atoms with van der Waals surface area (Å²) in [6.45, 7) is 1.59. The van der Waals surface area contributed by atoms with Crippen LogP contribution in [0.25, 0.3) is 10.8 Å². The van der Waals surface area contributed by atoms with Crippen molar-refractivity contribution in [2.24, 2.45) is 0 Å². The van der Waals surface area contributed by atoms with E-state index in [2.05, 4.69) is 15.9 Å². The number of rotatable bonds is 1. The molecule has 0 radical (unpaired) electrons. The van der Waals surface area contributed by atoms with Gasteiger partial charge in [-0.25, -0.2) is 0 Å². The van der Waals surface area contributed by atoms with Gasteiger partial charge in [0.15, 0.2) is 5.78 Å². The Labute approximate surface area is 90.9 Å². The number of hydrogen-bond donors (Lipinski definition) is 0. The Bertz CT molecular complexity index is 497. The maximum Gasteiger partial charge on any atom is 0.160 e. The van der Waals surface area contributed by atoms with Gasteiger partial charge in [-0.2, -0.15) is 0 Å². The van der Waals surface area contributed by atoms with Gasteiger partial charge in [0.1, 0.15) is 0 Å². The summed E-state index contributed by atoms with van der Waals surface area (Å²) in [7, 11) is 0. The van der Waals surface area contributed by atoms with Crippen LogP contribution in [0, 0.1) is 0 Å². The molecule has 0 unspecified atom stereocenters. The fourth-order valence-electron chi connectivity index (χ4n) is 1.59. The van der Waals surface area contributed by atoms with Crippen molar-refractivity contribution < 1.29 is 4.79 Å². The first kappa shape index (κ1) is 9.41. The zero-order valence-corrected chi connectivity index (χ0v) is 9.34. The zero-order valence-electron chi connectivity index (χ0n) is 7.75. The highest BCUT2D eigenvalue weighted by Gasteiger charge is 2.07. The standard InChI is InChI=1S/C12H9BrO/c1-8(14)10-6-2-4-9-5-3-7-11(13)12(9)10/h2-7H,1H3. The van der Waals surface area contributed by atoms with Crippen LogP contribution < -0.4 is 0 Å². The van der Waals surface area contributed by atoms with Crippen molar-refractivity contribution in [3.63, 3.8) is 0 Å². The summed E-state index contributed by atoms with van der Waals surface area (Å²) in [5.74, 6) is 0.0995. The van der Waals surface area contributed by atoms with Crippen LogP contribution in [0.4, 0.5) is 0 Å². The lowest BCUT2D eigenvalue weighted by Crippen LogP contribution is -1.93. The normalized spacial score (nSPS) is 10.4. The molecular formula is C12H9BrO. The number of fused-ring (bicyclic) bond motifs is 1. The summed E-state index contributed by atoms with van der Waals surface area (Å²) in [5, 5.41) is 2.09. The van der Waals surface area contributed by atoms with Crippen LogP contribution in [-0.4, -0.2) is 5.78 Å². The Morgan fingerprint density at radius 2 is 1.79 bits per heavy atom. The van der Waals surface area contributed by atoms with Crippen molar-refractivity contribution in [3.05, 3.63) is 46.4 Å². The zero-order chi connectivity index (χ0) is 10.1. The molecule has 1 nitrogen and oxygen atoms in total. The van der Waals surface area contributed by atoms with Crippen LogP contribution in [0.5, 0.6) is 0 Å². The molecule has 0 bridgehead atoms. The third kappa shape index (κ3) is 1.46. The van der Waals surface area contributed by atoms with E-state index >= 15 is 0 Å². The lowest BCUT2D eigenvalue weighted by Gasteiger charge is -2.04. The molecule has 0 amide bonds. The summed E-state index contributed by atoms with van der Waals surface area (Å²) in [4.78, 5) is 11.4. The molecule has 0 fully saturated rings. The molecule has 0 saturated heterocycles. The van der Waals surface area contributed by atoms with E-state index in [4.69, 9.17) is 0 Å². The van der Waals surface area contributed by atoms with Crippen LogP contribution >= 0.6 is 15.9 Å². The molecule has 0 N–H and O–H groups in total. The highest BCUT2D eigenvalue weighted by atomic mass is 79.9. The number of benzene rings is 2. The molecule has 0 aliphatic carbocycles. The minimum atomic E-state index is 0.0995. The fourth-order valence-corrected chi connectivity index (χ4v) is 2.18. The van der Waals surface area contributed by atoms with Crippen molar-refractivity contribution in [1.29, 1.82) is 0 Å². The highest BCUT2D eigenvalue weighted by molar-refractivity contribution is 9.10. The molecule has 0 aromatic heterocycles. The number of hydrogen-bond acceptors (Lipinski definition) is 1. The Morgan fingerprint density at radius 3 is 2.43 bits per heavy atom. The topological polar surface area (TPSA) is 17.1 Å². The number of carbonyl (C=O) groups excluding carboxylic acids is 1. The van der Waals surface area contributed by atoms with Gasteiger partial charge in [-0.15, -0.1) is 0 Å². The lowest BCUT2D eigenvalue weighted by molar-refractivity contribution is 0.101. The Hall–Kier alpha value is -1.15. The smallest absolute Gasteiger partial charge is 0.160 e. The first-order valence-corrected chi connectivity index (χ1v) is 5.17. The summed E-state index contributed by atoms with van der Waals surface area (Å²) in [5.41, 5.74) is 0.773. The van der Waals surface area contributed by atoms with Gasteiger partial charge < -0.3 is 0 Å². The summed E-state index contributed by atoms with van der Waals surface area (Å²) < 4.78 is 0.973. The Kier molecular flexibility index (Phi) is 2.38. The minimum absolute atomic E-state index is 0.0995. The van der Waals surface area contributed by atoms with Gasteiger partial charge in [0.25, 0.3) is 0 Å². The van der Waals surface area contributed by atoms with E-state index in [1.165, 1.54) is 0 Å². The number of carbonyl (C=O) groups is 1. The molecule has 70 valence electrons. The lowest BCUT2D eigenvalue weighted by atomic mass is 10.0. The first-order chi connectivity index (χ1) is 6.70. The third-order valence-electron chi connectivity index (χ3n) is 2.23. The van der Waals surface area contributed by atoms with Crippen molar-refractivity contribution in [2.45, 2.75) is 6.92 Å². The molecule has 0 saturated carbocycles. The Morgan fingerprint density at radius 1 is 1.14 bits per heavy atom. The summed E-state index contributed by atoms with van der Waals surface area (Å²) in [6.07, 6.45) is 0. The second-order valence-electron chi connectivity index (χ2n) is 3.20. The third-order valence-corrected chi connectivity index (χ3v) is 2.89. The quantitative estimate of drug-likeness (QED) is 0.702. The molecule has 2 aromatic carbocycles. The second kappa shape index (κ2) is 3.54. The van der Waals surface area contributed by atoms with E-state index in [1.54, 1.807) is 6.92 Å². The SMILES string of the molecule is CC(=O)c1cccc2cccc(Br)c12. The van der Waals surface area contributed by atoms with Crippen molar-refractivity contribution in [1.82, 2.24) is 0 Å². The first-order valence-electron chi connectivity index (χ1n) is 4.38. The van der Waals surface area contributed by atoms with Crippen molar-refractivity contribution in [3.8, 4) is 0 Å². The maximum atomic E-state index is 11.4. The molecule has 2 aromatic rings. The molecule has 2 heteroatoms.